The van der Waals surface area contributed by atoms with E-state index in [9.17, 15) is 9.32 Å². The van der Waals surface area contributed by atoms with E-state index in [0.717, 1.165) is 11.3 Å². The summed E-state index contributed by atoms with van der Waals surface area (Å²) in [6.45, 7) is 0. The van der Waals surface area contributed by atoms with E-state index in [-0.39, 0.29) is 11.5 Å². The number of carbonyl (C=O) groups excluding carboxylic acids is 1. The second-order valence-electron chi connectivity index (χ2n) is 3.94. The summed E-state index contributed by atoms with van der Waals surface area (Å²) in [6.07, 6.45) is 3.41. The van der Waals surface area contributed by atoms with Crippen molar-refractivity contribution in [2.24, 2.45) is 0 Å². The number of hydrogen-bond donors (Lipinski definition) is 2. The van der Waals surface area contributed by atoms with E-state index in [1.807, 2.05) is 18.2 Å². The van der Waals surface area contributed by atoms with Gasteiger partial charge < -0.3 is 10.7 Å². The van der Waals surface area contributed by atoms with Crippen molar-refractivity contribution in [2.45, 2.75) is 0 Å². The van der Waals surface area contributed by atoms with E-state index in [4.69, 9.17) is 5.73 Å². The van der Waals surface area contributed by atoms with E-state index in [2.05, 4.69) is 14.9 Å². The Kier molecular flexibility index (Phi) is 2.45. The highest BCUT2D eigenvalue weighted by atomic mass is 19.3. The summed E-state index contributed by atoms with van der Waals surface area (Å²) in [5, 5.41) is 0. The maximum Gasteiger partial charge on any atom is 0.399 e. The minimum absolute atomic E-state index is 0.0775. The lowest BCUT2D eigenvalue weighted by molar-refractivity contribution is -0.0793. The first-order chi connectivity index (χ1) is 9.20. The fourth-order valence-electron chi connectivity index (χ4n) is 1.97. The minimum Gasteiger partial charge on any atom is -0.382 e. The van der Waals surface area contributed by atoms with Crippen molar-refractivity contribution in [3.63, 3.8) is 0 Å². The molecular weight excluding hydrogens is 251 g/mol. The Morgan fingerprint density at radius 1 is 1.42 bits per heavy atom. The SMILES string of the molecule is Nc1nc2ccc(-c3ccc[nH]3)cn2c1C(=O)OF. The van der Waals surface area contributed by atoms with Crippen LogP contribution in [-0.4, -0.2) is 20.3 Å². The monoisotopic (exact) mass is 260 g/mol. The molecule has 3 aromatic rings. The van der Waals surface area contributed by atoms with E-state index in [1.54, 1.807) is 18.5 Å². The predicted octanol–water partition coefficient (Wildman–Crippen LogP) is 1.95. The van der Waals surface area contributed by atoms with Gasteiger partial charge in [0.05, 0.1) is 0 Å². The molecular formula is C12H9FN4O2. The number of nitrogens with two attached hydrogens (primary N) is 1. The zero-order chi connectivity index (χ0) is 13.4. The largest absolute Gasteiger partial charge is 0.399 e. The number of hydrogen-bond acceptors (Lipinski definition) is 4. The van der Waals surface area contributed by atoms with Crippen molar-refractivity contribution in [1.29, 1.82) is 0 Å². The van der Waals surface area contributed by atoms with E-state index in [1.165, 1.54) is 4.40 Å². The van der Waals surface area contributed by atoms with Crippen LogP contribution in [0.15, 0.2) is 36.7 Å². The molecule has 0 radical (unpaired) electrons. The fourth-order valence-corrected chi connectivity index (χ4v) is 1.97. The standard InChI is InChI=1S/C12H9FN4O2/c13-19-12(18)10-11(14)16-9-4-3-7(6-17(9)10)8-2-1-5-15-8/h1-6,15H,14H2. The number of nitrogen functional groups attached to an aromatic ring is 1. The molecule has 0 spiro atoms. The van der Waals surface area contributed by atoms with Crippen LogP contribution < -0.4 is 5.73 Å². The van der Waals surface area contributed by atoms with Crippen LogP contribution in [0.25, 0.3) is 16.9 Å². The third-order valence-corrected chi connectivity index (χ3v) is 2.82. The van der Waals surface area contributed by atoms with Crippen LogP contribution in [0.2, 0.25) is 0 Å². The lowest BCUT2D eigenvalue weighted by atomic mass is 10.2. The molecule has 96 valence electrons. The molecule has 0 aliphatic heterocycles. The first-order valence-electron chi connectivity index (χ1n) is 5.45. The number of pyridine rings is 1. The summed E-state index contributed by atoms with van der Waals surface area (Å²) < 4.78 is 13.5. The molecule has 0 amide bonds. The summed E-state index contributed by atoms with van der Waals surface area (Å²) in [5.41, 5.74) is 7.56. The average Bonchev–Trinajstić information content (AvgIpc) is 3.03. The zero-order valence-electron chi connectivity index (χ0n) is 9.63. The van der Waals surface area contributed by atoms with Crippen molar-refractivity contribution in [2.75, 3.05) is 5.73 Å². The Labute approximate surface area is 106 Å². The van der Waals surface area contributed by atoms with Crippen LogP contribution in [0.3, 0.4) is 0 Å². The molecule has 3 N–H and O–H groups in total. The number of anilines is 1. The minimum atomic E-state index is -1.17. The summed E-state index contributed by atoms with van der Waals surface area (Å²) >= 11 is 0. The van der Waals surface area contributed by atoms with E-state index >= 15 is 0 Å². The lowest BCUT2D eigenvalue weighted by Crippen LogP contribution is -2.06. The topological polar surface area (TPSA) is 85.4 Å². The number of halogens is 1. The first-order valence-corrected chi connectivity index (χ1v) is 5.45. The van der Waals surface area contributed by atoms with Crippen molar-refractivity contribution in [3.8, 4) is 11.3 Å². The highest BCUT2D eigenvalue weighted by Gasteiger charge is 2.20. The number of rotatable bonds is 2. The normalized spacial score (nSPS) is 10.8. The zero-order valence-corrected chi connectivity index (χ0v) is 9.63. The third kappa shape index (κ3) is 1.71. The van der Waals surface area contributed by atoms with E-state index in [0.29, 0.717) is 5.65 Å². The second kappa shape index (κ2) is 4.13. The van der Waals surface area contributed by atoms with Crippen LogP contribution in [-0.2, 0) is 4.94 Å². The van der Waals surface area contributed by atoms with Gasteiger partial charge in [-0.1, -0.05) is 0 Å². The highest BCUT2D eigenvalue weighted by molar-refractivity contribution is 5.93. The van der Waals surface area contributed by atoms with Gasteiger partial charge in [0.2, 0.25) is 0 Å². The van der Waals surface area contributed by atoms with Crippen LogP contribution in [0.1, 0.15) is 10.5 Å². The van der Waals surface area contributed by atoms with Gasteiger partial charge in [-0.2, -0.15) is 0 Å². The molecule has 0 saturated carbocycles. The maximum atomic E-state index is 12.1. The van der Waals surface area contributed by atoms with Crippen molar-refractivity contribution >= 4 is 17.4 Å². The quantitative estimate of drug-likeness (QED) is 0.737. The van der Waals surface area contributed by atoms with Gasteiger partial charge in [0.15, 0.2) is 11.5 Å². The third-order valence-electron chi connectivity index (χ3n) is 2.82. The fraction of sp³-hybridized carbons (Fsp3) is 0. The lowest BCUT2D eigenvalue weighted by Gasteiger charge is -2.02. The van der Waals surface area contributed by atoms with Crippen LogP contribution in [0, 0.1) is 0 Å². The van der Waals surface area contributed by atoms with Gasteiger partial charge in [-0.3, -0.25) is 4.40 Å². The van der Waals surface area contributed by atoms with Crippen molar-refractivity contribution in [1.82, 2.24) is 14.4 Å². The number of imidazole rings is 1. The Morgan fingerprint density at radius 2 is 2.26 bits per heavy atom. The summed E-state index contributed by atoms with van der Waals surface area (Å²) in [5.74, 6) is -1.25. The predicted molar refractivity (Wildman–Crippen MR) is 65.9 cm³/mol. The number of nitrogens with one attached hydrogen (secondary N) is 1. The number of fused-ring (bicyclic) bond motifs is 1. The molecule has 0 aliphatic carbocycles. The summed E-state index contributed by atoms with van der Waals surface area (Å²) in [4.78, 5) is 21.6. The van der Waals surface area contributed by atoms with Gasteiger partial charge in [0.25, 0.3) is 0 Å². The Balaban J connectivity index is 2.24. The average molecular weight is 260 g/mol. The summed E-state index contributed by atoms with van der Waals surface area (Å²) in [6, 6.07) is 7.22. The summed E-state index contributed by atoms with van der Waals surface area (Å²) in [7, 11) is 0. The highest BCUT2D eigenvalue weighted by Crippen LogP contribution is 2.22. The molecule has 0 aromatic carbocycles. The number of H-pyrrole nitrogens is 1. The number of nitrogens with zero attached hydrogens (tertiary/aromatic N) is 2. The van der Waals surface area contributed by atoms with Crippen LogP contribution in [0.4, 0.5) is 10.3 Å². The Hall–Kier alpha value is -2.83. The van der Waals surface area contributed by atoms with Gasteiger partial charge >= 0.3 is 5.97 Å². The molecule has 0 fully saturated rings. The number of aromatic nitrogens is 3. The molecule has 0 aliphatic rings. The molecule has 19 heavy (non-hydrogen) atoms. The second-order valence-corrected chi connectivity index (χ2v) is 3.94. The van der Waals surface area contributed by atoms with Crippen molar-refractivity contribution in [3.05, 3.63) is 42.4 Å². The molecule has 3 rings (SSSR count). The van der Waals surface area contributed by atoms with Gasteiger partial charge in [0.1, 0.15) is 5.65 Å². The Morgan fingerprint density at radius 3 is 2.95 bits per heavy atom. The van der Waals surface area contributed by atoms with Crippen LogP contribution in [0.5, 0.6) is 0 Å². The van der Waals surface area contributed by atoms with Gasteiger partial charge in [0, 0.05) is 28.2 Å². The van der Waals surface area contributed by atoms with Gasteiger partial charge in [-0.15, -0.1) is 0 Å². The smallest absolute Gasteiger partial charge is 0.382 e. The molecule has 7 heteroatoms. The molecule has 3 heterocycles. The molecule has 0 bridgehead atoms. The molecule has 0 atom stereocenters. The van der Waals surface area contributed by atoms with E-state index < -0.39 is 5.97 Å². The van der Waals surface area contributed by atoms with Crippen LogP contribution >= 0.6 is 0 Å². The molecule has 3 aromatic heterocycles. The molecule has 0 unspecified atom stereocenters. The van der Waals surface area contributed by atoms with Gasteiger partial charge in [-0.25, -0.2) is 14.7 Å². The Bertz CT molecular complexity index is 749. The number of carbonyl (C=O) groups is 1. The maximum absolute atomic E-state index is 12.1. The first kappa shape index (κ1) is 11.3. The van der Waals surface area contributed by atoms with Gasteiger partial charge in [-0.05, 0) is 24.3 Å². The number of aromatic amines is 1. The van der Waals surface area contributed by atoms with Crippen molar-refractivity contribution < 1.29 is 14.3 Å². The molecule has 6 nitrogen and oxygen atoms in total. The molecule has 0 saturated heterocycles.